The lowest BCUT2D eigenvalue weighted by molar-refractivity contribution is -0.130. The predicted molar refractivity (Wildman–Crippen MR) is 253 cm³/mol. The number of alkyl halides is 1. The summed E-state index contributed by atoms with van der Waals surface area (Å²) in [4.78, 5) is 39.8. The molecule has 2 aliphatic heterocycles. The summed E-state index contributed by atoms with van der Waals surface area (Å²) >= 11 is 9.39. The number of amides is 2. The number of nitrogens with zero attached hydrogens (tertiary/aromatic N) is 8. The molecule has 0 saturated carbocycles. The topological polar surface area (TPSA) is 172 Å². The zero-order chi connectivity index (χ0) is 45.5. The monoisotopic (exact) mass is 979 g/mol. The molecule has 0 aliphatic carbocycles. The van der Waals surface area contributed by atoms with Gasteiger partial charge in [0.2, 0.25) is 0 Å². The summed E-state index contributed by atoms with van der Waals surface area (Å²) in [7, 11) is -3.48. The molecule has 65 heavy (non-hydrogen) atoms. The molecular weight excluding hydrogens is 934 g/mol. The second kappa shape index (κ2) is 20.5. The fraction of sp³-hybridized carbons (Fsp3) is 0.298. The van der Waals surface area contributed by atoms with Gasteiger partial charge in [-0.25, -0.2) is 23.4 Å². The number of fused-ring (bicyclic) bond motifs is 1. The number of carbonyl (C=O) groups is 2. The number of aryl methyl sites for hydroxylation is 1. The van der Waals surface area contributed by atoms with Gasteiger partial charge in [0.05, 0.1) is 53.3 Å². The van der Waals surface area contributed by atoms with E-state index < -0.39 is 15.7 Å². The van der Waals surface area contributed by atoms with Gasteiger partial charge < -0.3 is 19.7 Å². The summed E-state index contributed by atoms with van der Waals surface area (Å²) in [5.74, 6) is 0.816. The Balaban J connectivity index is 0.768. The van der Waals surface area contributed by atoms with Crippen LogP contribution in [-0.2, 0) is 25.9 Å². The van der Waals surface area contributed by atoms with E-state index in [1.165, 1.54) is 11.1 Å². The number of aromatic nitrogens is 4. The number of hydrogen-bond acceptors (Lipinski definition) is 13. The van der Waals surface area contributed by atoms with Crippen LogP contribution < -0.4 is 15.0 Å². The van der Waals surface area contributed by atoms with Crippen LogP contribution in [0.2, 0.25) is 0 Å². The lowest BCUT2D eigenvalue weighted by atomic mass is 9.98. The first kappa shape index (κ1) is 45.7. The van der Waals surface area contributed by atoms with Crippen molar-refractivity contribution < 1.29 is 27.5 Å². The van der Waals surface area contributed by atoms with Crippen LogP contribution in [0.1, 0.15) is 45.2 Å². The van der Waals surface area contributed by atoms with Crippen molar-refractivity contribution in [1.29, 1.82) is 0 Å². The number of anilines is 1. The first-order valence-electron chi connectivity index (χ1n) is 21.1. The van der Waals surface area contributed by atoms with Gasteiger partial charge in [-0.2, -0.15) is 10.2 Å². The summed E-state index contributed by atoms with van der Waals surface area (Å²) < 4.78 is 37.2. The van der Waals surface area contributed by atoms with Crippen molar-refractivity contribution in [2.75, 3.05) is 69.6 Å². The summed E-state index contributed by atoms with van der Waals surface area (Å²) in [5.41, 5.74) is 6.99. The summed E-state index contributed by atoms with van der Waals surface area (Å²) in [6.07, 6.45) is 3.51. The number of nitrogens with one attached hydrogen (secondary N) is 1. The van der Waals surface area contributed by atoms with Crippen molar-refractivity contribution in [2.24, 2.45) is 5.10 Å². The molecule has 1 saturated heterocycles. The van der Waals surface area contributed by atoms with E-state index in [4.69, 9.17) is 26.1 Å². The number of halogens is 2. The van der Waals surface area contributed by atoms with Crippen molar-refractivity contribution in [3.63, 3.8) is 0 Å². The van der Waals surface area contributed by atoms with Crippen molar-refractivity contribution in [3.05, 3.63) is 136 Å². The molecule has 18 heteroatoms. The molecule has 2 amide bonds. The predicted octanol–water partition coefficient (Wildman–Crippen LogP) is 6.63. The van der Waals surface area contributed by atoms with Gasteiger partial charge in [0.15, 0.2) is 9.84 Å². The maximum Gasteiger partial charge on any atom is 0.258 e. The zero-order valence-electron chi connectivity index (χ0n) is 35.9. The maximum atomic E-state index is 12.9. The first-order chi connectivity index (χ1) is 31.4. The van der Waals surface area contributed by atoms with Gasteiger partial charge in [-0.1, -0.05) is 34.1 Å². The highest BCUT2D eigenvalue weighted by molar-refractivity contribution is 9.10. The second-order valence-electron chi connectivity index (χ2n) is 15.8. The molecule has 1 fully saturated rings. The Kier molecular flexibility index (Phi) is 14.4. The number of piperazine rings is 1. The summed E-state index contributed by atoms with van der Waals surface area (Å²) in [5, 5.41) is 17.5. The quantitative estimate of drug-likeness (QED) is 0.0813. The van der Waals surface area contributed by atoms with E-state index in [0.717, 1.165) is 83.1 Å². The van der Waals surface area contributed by atoms with E-state index in [9.17, 15) is 18.0 Å². The Morgan fingerprint density at radius 3 is 2.40 bits per heavy atom. The number of rotatable bonds is 16. The SMILES string of the molecule is Cc1ccc(C(=O)NCc2cc3nc(-c4ccnc(N5CCN(CCOCCOc6ccc(C7=NN(C(=O)CCl)C(c8ccc(Br)cc8)C7)cc6)CC5)c4)ccc3nn2)cc1S(C)(=O)=O. The van der Waals surface area contributed by atoms with E-state index in [1.807, 2.05) is 72.8 Å². The highest BCUT2D eigenvalue weighted by Crippen LogP contribution is 2.34. The smallest absolute Gasteiger partial charge is 0.258 e. The third-order valence-electron chi connectivity index (χ3n) is 11.3. The fourth-order valence-electron chi connectivity index (χ4n) is 7.75. The fourth-order valence-corrected chi connectivity index (χ4v) is 9.13. The molecule has 6 aromatic rings. The molecule has 3 aromatic heterocycles. The van der Waals surface area contributed by atoms with Gasteiger partial charge in [0.25, 0.3) is 11.8 Å². The number of hydrazone groups is 1. The van der Waals surface area contributed by atoms with Gasteiger partial charge >= 0.3 is 0 Å². The van der Waals surface area contributed by atoms with Crippen LogP contribution in [0.25, 0.3) is 22.3 Å². The number of carbonyl (C=O) groups excluding carboxylic acids is 2. The van der Waals surface area contributed by atoms with Crippen molar-refractivity contribution in [2.45, 2.75) is 30.8 Å². The number of sulfone groups is 1. The van der Waals surface area contributed by atoms with Crippen LogP contribution >= 0.6 is 27.5 Å². The van der Waals surface area contributed by atoms with Crippen molar-refractivity contribution >= 4 is 71.7 Å². The van der Waals surface area contributed by atoms with E-state index in [-0.39, 0.29) is 34.8 Å². The minimum absolute atomic E-state index is 0.0900. The van der Waals surface area contributed by atoms with Crippen molar-refractivity contribution in [1.82, 2.24) is 35.4 Å². The molecule has 1 atom stereocenters. The number of pyridine rings is 2. The lowest BCUT2D eigenvalue weighted by Gasteiger charge is -2.35. The minimum atomic E-state index is -3.48. The molecule has 5 heterocycles. The van der Waals surface area contributed by atoms with Gasteiger partial charge in [-0.3, -0.25) is 14.5 Å². The molecule has 15 nitrogen and oxygen atoms in total. The van der Waals surface area contributed by atoms with Crippen LogP contribution in [0.3, 0.4) is 0 Å². The number of ether oxygens (including phenoxy) is 2. The molecule has 2 aliphatic rings. The third kappa shape index (κ3) is 11.3. The average Bonchev–Trinajstić information content (AvgIpc) is 3.77. The van der Waals surface area contributed by atoms with E-state index in [0.29, 0.717) is 48.5 Å². The van der Waals surface area contributed by atoms with Crippen LogP contribution in [0.15, 0.2) is 118 Å². The Bertz CT molecular complexity index is 2830. The lowest BCUT2D eigenvalue weighted by Crippen LogP contribution is -2.47. The van der Waals surface area contributed by atoms with Crippen LogP contribution in [-0.4, -0.2) is 121 Å². The van der Waals surface area contributed by atoms with Crippen LogP contribution in [0.4, 0.5) is 5.82 Å². The third-order valence-corrected chi connectivity index (χ3v) is 13.3. The maximum absolute atomic E-state index is 12.9. The molecule has 0 bridgehead atoms. The van der Waals surface area contributed by atoms with Crippen molar-refractivity contribution in [3.8, 4) is 17.0 Å². The molecule has 3 aromatic carbocycles. The Hall–Kier alpha value is -5.85. The Labute approximate surface area is 390 Å². The second-order valence-corrected chi connectivity index (χ2v) is 18.9. The average molecular weight is 981 g/mol. The molecule has 0 radical (unpaired) electrons. The molecular formula is C47H47BrClN9O6S. The van der Waals surface area contributed by atoms with E-state index in [1.54, 1.807) is 31.3 Å². The normalized spacial score (nSPS) is 15.6. The molecule has 336 valence electrons. The van der Waals surface area contributed by atoms with Gasteiger partial charge in [-0.05, 0) is 102 Å². The number of hydrogen-bond donors (Lipinski definition) is 1. The molecule has 1 unspecified atom stereocenters. The van der Waals surface area contributed by atoms with Crippen LogP contribution in [0, 0.1) is 6.92 Å². The Morgan fingerprint density at radius 1 is 0.862 bits per heavy atom. The molecule has 1 N–H and O–H groups in total. The van der Waals surface area contributed by atoms with Gasteiger partial charge in [0, 0.05) is 67.2 Å². The highest BCUT2D eigenvalue weighted by atomic mass is 79.9. The zero-order valence-corrected chi connectivity index (χ0v) is 39.0. The van der Waals surface area contributed by atoms with Crippen LogP contribution in [0.5, 0.6) is 5.75 Å². The van der Waals surface area contributed by atoms with Gasteiger partial charge in [0.1, 0.15) is 29.6 Å². The number of benzene rings is 3. The highest BCUT2D eigenvalue weighted by Gasteiger charge is 2.32. The minimum Gasteiger partial charge on any atom is -0.491 e. The molecule has 8 rings (SSSR count). The summed E-state index contributed by atoms with van der Waals surface area (Å²) in [6.45, 7) is 7.47. The summed E-state index contributed by atoms with van der Waals surface area (Å²) in [6, 6.07) is 29.6. The van der Waals surface area contributed by atoms with E-state index >= 15 is 0 Å². The largest absolute Gasteiger partial charge is 0.491 e. The van der Waals surface area contributed by atoms with Gasteiger partial charge in [-0.15, -0.1) is 16.7 Å². The first-order valence-corrected chi connectivity index (χ1v) is 24.3. The standard InChI is InChI=1S/C47H47BrClN9O6S/c1-31-3-4-35(25-44(31)65(2,61)62)47(60)51-30-37-27-42-40(54-53-37)14-13-39(52-42)34-15-16-50-45(26-34)57-19-17-56(18-20-57)21-22-63-23-24-64-38-11-7-32(8-12-38)41-28-43(58(55-41)46(59)29-49)33-5-9-36(48)10-6-33/h3-16,25-27,43H,17-24,28-30H2,1-2H3,(H,51,60). The Morgan fingerprint density at radius 2 is 1.65 bits per heavy atom. The van der Waals surface area contributed by atoms with E-state index in [2.05, 4.69) is 51.3 Å². The molecule has 0 spiro atoms.